The molecule has 0 amide bonds. The fourth-order valence-electron chi connectivity index (χ4n) is 2.39. The van der Waals surface area contributed by atoms with Crippen LogP contribution in [0.3, 0.4) is 0 Å². The summed E-state index contributed by atoms with van der Waals surface area (Å²) in [5.41, 5.74) is 11.5. The maximum absolute atomic E-state index is 6.34. The van der Waals surface area contributed by atoms with Crippen LogP contribution in [0, 0.1) is 0 Å². The van der Waals surface area contributed by atoms with Gasteiger partial charge in [-0.25, -0.2) is 0 Å². The zero-order chi connectivity index (χ0) is 15.8. The lowest BCUT2D eigenvalue weighted by Crippen LogP contribution is -2.02. The molecule has 0 atom stereocenters. The Hall–Kier alpha value is -2.80. The van der Waals surface area contributed by atoms with Gasteiger partial charge in [-0.15, -0.1) is 0 Å². The van der Waals surface area contributed by atoms with Crippen molar-refractivity contribution >= 4 is 11.6 Å². The fraction of sp³-hybridized carbons (Fsp3) is 0.0476. The molecule has 0 heterocycles. The van der Waals surface area contributed by atoms with Crippen LogP contribution in [-0.2, 0) is 0 Å². The molecular weight excluding hydrogens is 266 g/mol. The summed E-state index contributed by atoms with van der Waals surface area (Å²) >= 11 is 0. The lowest BCUT2D eigenvalue weighted by Gasteiger charge is -2.14. The van der Waals surface area contributed by atoms with E-state index in [0.717, 1.165) is 28.0 Å². The molecule has 110 valence electrons. The molecule has 1 nitrogen and oxygen atoms in total. The molecular formula is C21H21N. The van der Waals surface area contributed by atoms with Crippen LogP contribution in [0.4, 0.5) is 0 Å². The molecule has 2 N–H and O–H groups in total. The van der Waals surface area contributed by atoms with Gasteiger partial charge in [0.2, 0.25) is 0 Å². The van der Waals surface area contributed by atoms with Gasteiger partial charge in [0.25, 0.3) is 0 Å². The van der Waals surface area contributed by atoms with E-state index in [0.29, 0.717) is 0 Å². The molecule has 2 rings (SSSR count). The van der Waals surface area contributed by atoms with Crippen LogP contribution in [0.5, 0.6) is 0 Å². The number of rotatable bonds is 5. The first-order chi connectivity index (χ1) is 10.8. The van der Waals surface area contributed by atoms with E-state index >= 15 is 0 Å². The Bertz CT molecular complexity index is 719. The Morgan fingerprint density at radius 1 is 1.00 bits per heavy atom. The summed E-state index contributed by atoms with van der Waals surface area (Å²) in [4.78, 5) is 0. The molecule has 0 saturated carbocycles. The van der Waals surface area contributed by atoms with Gasteiger partial charge in [-0.05, 0) is 29.7 Å². The maximum Gasteiger partial charge on any atom is 0.0396 e. The van der Waals surface area contributed by atoms with Gasteiger partial charge in [-0.3, -0.25) is 0 Å². The van der Waals surface area contributed by atoms with Crippen LogP contribution < -0.4 is 5.73 Å². The van der Waals surface area contributed by atoms with E-state index in [9.17, 15) is 0 Å². The van der Waals surface area contributed by atoms with E-state index in [1.54, 1.807) is 6.08 Å². The molecule has 0 unspecified atom stereocenters. The molecule has 0 spiro atoms. The predicted molar refractivity (Wildman–Crippen MR) is 97.1 cm³/mol. The summed E-state index contributed by atoms with van der Waals surface area (Å²) in [6, 6.07) is 18.5. The number of nitrogens with two attached hydrogens (primary N) is 1. The smallest absolute Gasteiger partial charge is 0.0396 e. The largest absolute Gasteiger partial charge is 0.398 e. The molecule has 0 aliphatic heterocycles. The second-order valence-electron chi connectivity index (χ2n) is 4.88. The Labute approximate surface area is 132 Å². The van der Waals surface area contributed by atoms with Crippen molar-refractivity contribution < 1.29 is 0 Å². The summed E-state index contributed by atoms with van der Waals surface area (Å²) in [6.45, 7) is 5.71. The van der Waals surface area contributed by atoms with Gasteiger partial charge in [0.05, 0.1) is 0 Å². The molecule has 22 heavy (non-hydrogen) atoms. The topological polar surface area (TPSA) is 26.0 Å². The zero-order valence-corrected chi connectivity index (χ0v) is 12.9. The van der Waals surface area contributed by atoms with Crippen molar-refractivity contribution in [1.82, 2.24) is 0 Å². The van der Waals surface area contributed by atoms with E-state index in [-0.39, 0.29) is 0 Å². The normalized spacial score (nSPS) is 12.6. The first-order valence-corrected chi connectivity index (χ1v) is 7.34. The van der Waals surface area contributed by atoms with Gasteiger partial charge in [0.1, 0.15) is 0 Å². The van der Waals surface area contributed by atoms with Crippen LogP contribution >= 0.6 is 0 Å². The molecule has 0 fully saturated rings. The summed E-state index contributed by atoms with van der Waals surface area (Å²) in [5.74, 6) is 0. The van der Waals surface area contributed by atoms with E-state index < -0.39 is 0 Å². The average molecular weight is 287 g/mol. The summed E-state index contributed by atoms with van der Waals surface area (Å²) in [6.07, 6.45) is 9.66. The highest BCUT2D eigenvalue weighted by Gasteiger charge is 2.11. The SMILES string of the molecule is C=C/C=C\c1ccccc1/C(=C(N)/C=C\C)c1ccccc1. The van der Waals surface area contributed by atoms with Gasteiger partial charge in [0.15, 0.2) is 0 Å². The van der Waals surface area contributed by atoms with Crippen molar-refractivity contribution in [3.05, 3.63) is 108 Å². The van der Waals surface area contributed by atoms with Crippen molar-refractivity contribution in [3.63, 3.8) is 0 Å². The highest BCUT2D eigenvalue weighted by molar-refractivity contribution is 5.87. The van der Waals surface area contributed by atoms with Crippen LogP contribution in [0.25, 0.3) is 11.6 Å². The highest BCUT2D eigenvalue weighted by atomic mass is 14.6. The summed E-state index contributed by atoms with van der Waals surface area (Å²) in [5, 5.41) is 0. The van der Waals surface area contributed by atoms with Crippen LogP contribution in [0.15, 0.2) is 91.2 Å². The lowest BCUT2D eigenvalue weighted by molar-refractivity contribution is 1.38. The van der Waals surface area contributed by atoms with Gasteiger partial charge in [-0.2, -0.15) is 0 Å². The Kier molecular flexibility index (Phi) is 5.56. The lowest BCUT2D eigenvalue weighted by atomic mass is 9.92. The van der Waals surface area contributed by atoms with Gasteiger partial charge in [0, 0.05) is 11.3 Å². The molecule has 0 saturated heterocycles. The number of hydrogen-bond donors (Lipinski definition) is 1. The van der Waals surface area contributed by atoms with Crippen molar-refractivity contribution in [1.29, 1.82) is 0 Å². The highest BCUT2D eigenvalue weighted by Crippen LogP contribution is 2.29. The van der Waals surface area contributed by atoms with Crippen molar-refractivity contribution in [2.24, 2.45) is 5.73 Å². The quantitative estimate of drug-likeness (QED) is 0.753. The minimum absolute atomic E-state index is 0.758. The summed E-state index contributed by atoms with van der Waals surface area (Å²) in [7, 11) is 0. The molecule has 0 aliphatic carbocycles. The minimum atomic E-state index is 0.758. The molecule has 0 radical (unpaired) electrons. The number of benzene rings is 2. The third-order valence-electron chi connectivity index (χ3n) is 3.34. The Morgan fingerprint density at radius 3 is 2.36 bits per heavy atom. The average Bonchev–Trinajstić information content (AvgIpc) is 2.55. The molecule has 0 aliphatic rings. The predicted octanol–water partition coefficient (Wildman–Crippen LogP) is 5.18. The van der Waals surface area contributed by atoms with Gasteiger partial charge < -0.3 is 5.73 Å². The Morgan fingerprint density at radius 2 is 1.68 bits per heavy atom. The van der Waals surface area contributed by atoms with E-state index in [4.69, 9.17) is 5.73 Å². The number of hydrogen-bond acceptors (Lipinski definition) is 1. The summed E-state index contributed by atoms with van der Waals surface area (Å²) < 4.78 is 0. The van der Waals surface area contributed by atoms with Crippen LogP contribution in [0.2, 0.25) is 0 Å². The first kappa shape index (κ1) is 15.6. The number of allylic oxidation sites excluding steroid dienone is 4. The van der Waals surface area contributed by atoms with Crippen LogP contribution in [0.1, 0.15) is 23.6 Å². The third kappa shape index (κ3) is 3.64. The first-order valence-electron chi connectivity index (χ1n) is 7.34. The molecule has 1 heteroatoms. The minimum Gasteiger partial charge on any atom is -0.398 e. The second-order valence-corrected chi connectivity index (χ2v) is 4.88. The van der Waals surface area contributed by atoms with Crippen molar-refractivity contribution in [3.8, 4) is 0 Å². The fourth-order valence-corrected chi connectivity index (χ4v) is 2.39. The monoisotopic (exact) mass is 287 g/mol. The molecule has 0 aromatic heterocycles. The van der Waals surface area contributed by atoms with Gasteiger partial charge >= 0.3 is 0 Å². The van der Waals surface area contributed by atoms with E-state index in [2.05, 4.69) is 30.8 Å². The molecule has 2 aromatic rings. The molecule has 0 bridgehead atoms. The van der Waals surface area contributed by atoms with Gasteiger partial charge in [-0.1, -0.05) is 85.5 Å². The van der Waals surface area contributed by atoms with Crippen molar-refractivity contribution in [2.45, 2.75) is 6.92 Å². The maximum atomic E-state index is 6.34. The second kappa shape index (κ2) is 7.84. The molecule has 2 aromatic carbocycles. The van der Waals surface area contributed by atoms with Crippen LogP contribution in [-0.4, -0.2) is 0 Å². The third-order valence-corrected chi connectivity index (χ3v) is 3.34. The van der Waals surface area contributed by atoms with E-state index in [1.165, 1.54) is 0 Å². The van der Waals surface area contributed by atoms with Crippen molar-refractivity contribution in [2.75, 3.05) is 0 Å². The van der Waals surface area contributed by atoms with E-state index in [1.807, 2.05) is 61.6 Å². The standard InChI is InChI=1S/C21H21N/c1-3-5-12-17-13-9-10-16-19(17)21(20(22)11-4-2)18-14-7-6-8-15-18/h3-16H,1,22H2,2H3/b11-4-,12-5-,21-20-. The zero-order valence-electron chi connectivity index (χ0n) is 12.9. The Balaban J connectivity index is 2.69.